The second-order valence-corrected chi connectivity index (χ2v) is 7.04. The molecule has 2 aliphatic heterocycles. The zero-order valence-electron chi connectivity index (χ0n) is 16.2. The van der Waals surface area contributed by atoms with Crippen LogP contribution in [0.25, 0.3) is 0 Å². The van der Waals surface area contributed by atoms with Crippen molar-refractivity contribution in [2.24, 2.45) is 0 Å². The van der Waals surface area contributed by atoms with Crippen molar-refractivity contribution in [2.75, 3.05) is 33.4 Å². The summed E-state index contributed by atoms with van der Waals surface area (Å²) in [4.78, 5) is 28.1. The molecule has 0 radical (unpaired) electrons. The van der Waals surface area contributed by atoms with Gasteiger partial charge in [-0.2, -0.15) is 0 Å². The van der Waals surface area contributed by atoms with Gasteiger partial charge in [-0.25, -0.2) is 4.79 Å². The molecule has 1 unspecified atom stereocenters. The molecule has 1 atom stereocenters. The summed E-state index contributed by atoms with van der Waals surface area (Å²) in [5.41, 5.74) is 0. The molecule has 2 aliphatic rings. The van der Waals surface area contributed by atoms with Gasteiger partial charge in [0.15, 0.2) is 6.10 Å². The average Bonchev–Trinajstić information content (AvgIpc) is 3.42. The lowest BCUT2D eigenvalue weighted by molar-refractivity contribution is 0.0618. The van der Waals surface area contributed by atoms with Crippen LogP contribution in [0.15, 0.2) is 41.1 Å². The minimum atomic E-state index is -0.326. The fraction of sp³-hybridized carbons (Fsp3) is 0.450. The van der Waals surface area contributed by atoms with E-state index in [1.54, 1.807) is 23.0 Å². The lowest BCUT2D eigenvalue weighted by Gasteiger charge is -2.35. The molecule has 4 rings (SSSR count). The summed E-state index contributed by atoms with van der Waals surface area (Å²) < 4.78 is 21.3. The molecular formula is C20H23N3O6. The number of carbonyl (C=O) groups excluding carboxylic acids is 2. The number of aromatic nitrogens is 1. The highest BCUT2D eigenvalue weighted by Gasteiger charge is 2.38. The summed E-state index contributed by atoms with van der Waals surface area (Å²) in [6.07, 6.45) is 2.20. The van der Waals surface area contributed by atoms with E-state index in [4.69, 9.17) is 18.7 Å². The van der Waals surface area contributed by atoms with Crippen molar-refractivity contribution in [1.82, 2.24) is 15.0 Å². The van der Waals surface area contributed by atoms with Gasteiger partial charge in [0.05, 0.1) is 19.9 Å². The van der Waals surface area contributed by atoms with E-state index in [1.165, 1.54) is 6.20 Å². The Labute approximate surface area is 168 Å². The third-order valence-corrected chi connectivity index (χ3v) is 5.24. The number of ether oxygens (including phenoxy) is 3. The van der Waals surface area contributed by atoms with Crippen LogP contribution in [0.2, 0.25) is 0 Å². The molecule has 9 nitrogen and oxygen atoms in total. The first-order valence-corrected chi connectivity index (χ1v) is 9.58. The molecule has 0 bridgehead atoms. The first kappa shape index (κ1) is 19.1. The number of likely N-dealkylation sites (tertiary alicyclic amines) is 1. The molecule has 2 fully saturated rings. The van der Waals surface area contributed by atoms with Gasteiger partial charge in [0.1, 0.15) is 18.1 Å². The van der Waals surface area contributed by atoms with Gasteiger partial charge in [-0.1, -0.05) is 5.16 Å². The van der Waals surface area contributed by atoms with Crippen LogP contribution in [-0.4, -0.2) is 72.5 Å². The van der Waals surface area contributed by atoms with Crippen LogP contribution < -0.4 is 9.47 Å². The monoisotopic (exact) mass is 401 g/mol. The van der Waals surface area contributed by atoms with E-state index in [0.717, 1.165) is 5.75 Å². The number of piperidine rings is 1. The Hall–Kier alpha value is -3.23. The number of carbonyl (C=O) groups is 2. The first-order chi connectivity index (χ1) is 14.1. The van der Waals surface area contributed by atoms with Gasteiger partial charge in [0.25, 0.3) is 5.91 Å². The van der Waals surface area contributed by atoms with E-state index in [1.807, 2.05) is 24.3 Å². The third-order valence-electron chi connectivity index (χ3n) is 5.24. The minimum Gasteiger partial charge on any atom is -0.497 e. The van der Waals surface area contributed by atoms with E-state index < -0.39 is 0 Å². The van der Waals surface area contributed by atoms with Crippen LogP contribution in [0.5, 0.6) is 11.5 Å². The number of benzene rings is 1. The van der Waals surface area contributed by atoms with Gasteiger partial charge in [-0.3, -0.25) is 4.79 Å². The van der Waals surface area contributed by atoms with Crippen LogP contribution >= 0.6 is 0 Å². The zero-order valence-corrected chi connectivity index (χ0v) is 16.2. The summed E-state index contributed by atoms with van der Waals surface area (Å²) in [5.74, 6) is 1.51. The Bertz CT molecular complexity index is 830. The Kier molecular flexibility index (Phi) is 5.55. The second kappa shape index (κ2) is 8.42. The molecule has 3 heterocycles. The van der Waals surface area contributed by atoms with Crippen molar-refractivity contribution in [3.8, 4) is 11.5 Å². The van der Waals surface area contributed by atoms with Gasteiger partial charge < -0.3 is 28.5 Å². The molecule has 0 saturated carbocycles. The largest absolute Gasteiger partial charge is 0.497 e. The quantitative estimate of drug-likeness (QED) is 0.732. The number of hydrogen-bond acceptors (Lipinski definition) is 7. The summed E-state index contributed by atoms with van der Waals surface area (Å²) in [5, 5.41) is 3.57. The number of amides is 2. The molecule has 9 heteroatoms. The van der Waals surface area contributed by atoms with Gasteiger partial charge >= 0.3 is 6.09 Å². The summed E-state index contributed by atoms with van der Waals surface area (Å²) in [6.45, 7) is 1.88. The number of rotatable bonds is 6. The van der Waals surface area contributed by atoms with E-state index >= 15 is 0 Å². The smallest absolute Gasteiger partial charge is 0.410 e. The average molecular weight is 401 g/mol. The van der Waals surface area contributed by atoms with Crippen LogP contribution in [0, 0.1) is 0 Å². The standard InChI is InChI=1S/C20H23N3O6/c1-26-15-2-4-16(5-3-15)27-13-17-12-23(20(25)28-17)14-7-10-22(11-8-14)19(24)18-6-9-21-29-18/h2-6,9,14,17H,7-8,10-13H2,1H3. The first-order valence-electron chi connectivity index (χ1n) is 9.58. The highest BCUT2D eigenvalue weighted by atomic mass is 16.6. The molecule has 0 N–H and O–H groups in total. The van der Waals surface area contributed by atoms with E-state index in [0.29, 0.717) is 38.2 Å². The van der Waals surface area contributed by atoms with Crippen molar-refractivity contribution in [2.45, 2.75) is 25.0 Å². The molecule has 2 amide bonds. The van der Waals surface area contributed by atoms with Crippen LogP contribution in [0.3, 0.4) is 0 Å². The third kappa shape index (κ3) is 4.28. The maximum atomic E-state index is 12.3. The lowest BCUT2D eigenvalue weighted by Crippen LogP contribution is -2.47. The Balaban J connectivity index is 1.25. The normalized spacial score (nSPS) is 19.9. The van der Waals surface area contributed by atoms with Crippen molar-refractivity contribution >= 4 is 12.0 Å². The lowest BCUT2D eigenvalue weighted by atomic mass is 10.0. The predicted octanol–water partition coefficient (Wildman–Crippen LogP) is 2.19. The SMILES string of the molecule is COc1ccc(OCC2CN(C3CCN(C(=O)c4ccno4)CC3)C(=O)O2)cc1. The number of nitrogens with zero attached hydrogens (tertiary/aromatic N) is 3. The molecule has 2 aromatic rings. The van der Waals surface area contributed by atoms with Crippen molar-refractivity contribution < 1.29 is 28.3 Å². The molecule has 29 heavy (non-hydrogen) atoms. The molecule has 2 saturated heterocycles. The fourth-order valence-corrected chi connectivity index (χ4v) is 3.65. The summed E-state index contributed by atoms with van der Waals surface area (Å²) in [6, 6.07) is 8.86. The Morgan fingerprint density at radius 1 is 1.17 bits per heavy atom. The van der Waals surface area contributed by atoms with Crippen molar-refractivity contribution in [3.63, 3.8) is 0 Å². The van der Waals surface area contributed by atoms with Gasteiger partial charge in [-0.05, 0) is 37.1 Å². The fourth-order valence-electron chi connectivity index (χ4n) is 3.65. The highest BCUT2D eigenvalue weighted by Crippen LogP contribution is 2.24. The number of methoxy groups -OCH3 is 1. The van der Waals surface area contributed by atoms with Gasteiger partial charge in [0.2, 0.25) is 5.76 Å². The molecule has 0 aliphatic carbocycles. The number of cyclic esters (lactones) is 1. The Morgan fingerprint density at radius 3 is 2.55 bits per heavy atom. The second-order valence-electron chi connectivity index (χ2n) is 7.04. The van der Waals surface area contributed by atoms with E-state index in [-0.39, 0.29) is 36.5 Å². The minimum absolute atomic E-state index is 0.0484. The molecule has 1 aromatic heterocycles. The zero-order chi connectivity index (χ0) is 20.2. The van der Waals surface area contributed by atoms with Crippen molar-refractivity contribution in [1.29, 1.82) is 0 Å². The molecule has 0 spiro atoms. The van der Waals surface area contributed by atoms with E-state index in [2.05, 4.69) is 5.16 Å². The van der Waals surface area contributed by atoms with Crippen LogP contribution in [0.1, 0.15) is 23.4 Å². The van der Waals surface area contributed by atoms with Crippen LogP contribution in [-0.2, 0) is 4.74 Å². The van der Waals surface area contributed by atoms with Crippen molar-refractivity contribution in [3.05, 3.63) is 42.3 Å². The van der Waals surface area contributed by atoms with E-state index in [9.17, 15) is 9.59 Å². The predicted molar refractivity (Wildman–Crippen MR) is 101 cm³/mol. The number of hydrogen-bond donors (Lipinski definition) is 0. The highest BCUT2D eigenvalue weighted by molar-refractivity contribution is 5.91. The molecular weight excluding hydrogens is 378 g/mol. The summed E-state index contributed by atoms with van der Waals surface area (Å²) in [7, 11) is 1.61. The maximum Gasteiger partial charge on any atom is 0.410 e. The van der Waals surface area contributed by atoms with Gasteiger partial charge in [-0.15, -0.1) is 0 Å². The molecule has 1 aromatic carbocycles. The summed E-state index contributed by atoms with van der Waals surface area (Å²) >= 11 is 0. The van der Waals surface area contributed by atoms with Crippen LogP contribution in [0.4, 0.5) is 4.79 Å². The maximum absolute atomic E-state index is 12.3. The Morgan fingerprint density at radius 2 is 1.90 bits per heavy atom. The molecule has 154 valence electrons. The van der Waals surface area contributed by atoms with Gasteiger partial charge in [0, 0.05) is 25.2 Å². The topological polar surface area (TPSA) is 94.3 Å².